The topological polar surface area (TPSA) is 72.2 Å². The summed E-state index contributed by atoms with van der Waals surface area (Å²) in [6, 6.07) is 5.98. The maximum Gasteiger partial charge on any atom is 0.320 e. The summed E-state index contributed by atoms with van der Waals surface area (Å²) in [6.45, 7) is 3.82. The van der Waals surface area contributed by atoms with Crippen LogP contribution in [-0.4, -0.2) is 30.5 Å². The van der Waals surface area contributed by atoms with Crippen molar-refractivity contribution in [1.82, 2.24) is 15.5 Å². The number of halogens is 1. The molecular weight excluding hydrogens is 280 g/mol. The van der Waals surface area contributed by atoms with Gasteiger partial charge in [0, 0.05) is 13.7 Å². The average Bonchev–Trinajstić information content (AvgIpc) is 2.87. The van der Waals surface area contributed by atoms with Crippen molar-refractivity contribution in [2.75, 3.05) is 25.6 Å². The van der Waals surface area contributed by atoms with Crippen LogP contribution in [0.5, 0.6) is 0 Å². The maximum atomic E-state index is 6.13. The van der Waals surface area contributed by atoms with Gasteiger partial charge in [-0.15, -0.1) is 5.10 Å². The highest BCUT2D eigenvalue weighted by molar-refractivity contribution is 6.33. The number of para-hydroxylation sites is 1. The van der Waals surface area contributed by atoms with Crippen molar-refractivity contribution < 1.29 is 9.15 Å². The molecule has 0 aliphatic carbocycles. The Bertz CT molecular complexity index is 539. The third-order valence-electron chi connectivity index (χ3n) is 2.68. The van der Waals surface area contributed by atoms with Gasteiger partial charge in [-0.3, -0.25) is 0 Å². The van der Waals surface area contributed by atoms with E-state index >= 15 is 0 Å². The van der Waals surface area contributed by atoms with Crippen molar-refractivity contribution in [2.45, 2.75) is 13.5 Å². The van der Waals surface area contributed by atoms with Gasteiger partial charge in [0.05, 0.1) is 23.9 Å². The lowest BCUT2D eigenvalue weighted by atomic mass is 10.2. The lowest BCUT2D eigenvalue weighted by Crippen LogP contribution is -2.18. The highest BCUT2D eigenvalue weighted by Crippen LogP contribution is 2.28. The lowest BCUT2D eigenvalue weighted by molar-refractivity contribution is 0.198. The number of nitrogens with zero attached hydrogens (tertiary/aromatic N) is 2. The number of hydrogen-bond acceptors (Lipinski definition) is 6. The zero-order valence-electron chi connectivity index (χ0n) is 11.4. The Morgan fingerprint density at radius 1 is 1.35 bits per heavy atom. The van der Waals surface area contributed by atoms with E-state index in [2.05, 4.69) is 20.8 Å². The Balaban J connectivity index is 1.96. The van der Waals surface area contributed by atoms with Crippen LogP contribution in [0.3, 0.4) is 0 Å². The molecule has 0 aliphatic heterocycles. The fourth-order valence-corrected chi connectivity index (χ4v) is 1.91. The molecule has 0 aliphatic rings. The lowest BCUT2D eigenvalue weighted by Gasteiger charge is -2.07. The van der Waals surface area contributed by atoms with Crippen molar-refractivity contribution in [3.63, 3.8) is 0 Å². The van der Waals surface area contributed by atoms with Gasteiger partial charge < -0.3 is 19.8 Å². The Labute approximate surface area is 122 Å². The van der Waals surface area contributed by atoms with E-state index in [9.17, 15) is 0 Å². The predicted octanol–water partition coefficient (Wildman–Crippen LogP) is 2.51. The largest absolute Gasteiger partial charge is 0.406 e. The van der Waals surface area contributed by atoms with Gasteiger partial charge in [-0.25, -0.2) is 0 Å². The molecule has 1 heterocycles. The number of nitrogens with one attached hydrogen (secondary N) is 2. The minimum atomic E-state index is 0.324. The normalized spacial score (nSPS) is 10.8. The maximum absolute atomic E-state index is 6.13. The quantitative estimate of drug-likeness (QED) is 0.765. The number of benzene rings is 1. The van der Waals surface area contributed by atoms with Crippen molar-refractivity contribution in [3.8, 4) is 0 Å². The fraction of sp³-hybridized carbons (Fsp3) is 0.385. The Hall–Kier alpha value is -1.63. The van der Waals surface area contributed by atoms with Crippen molar-refractivity contribution >= 4 is 23.3 Å². The third kappa shape index (κ3) is 3.93. The first kappa shape index (κ1) is 14.8. The molecule has 0 fully saturated rings. The van der Waals surface area contributed by atoms with Gasteiger partial charge in [-0.05, 0) is 18.6 Å². The van der Waals surface area contributed by atoms with Crippen LogP contribution in [0.15, 0.2) is 22.6 Å². The van der Waals surface area contributed by atoms with Crippen LogP contribution in [0.4, 0.5) is 11.7 Å². The molecule has 0 unspecified atom stereocenters. The molecule has 108 valence electrons. The van der Waals surface area contributed by atoms with E-state index in [4.69, 9.17) is 20.8 Å². The zero-order chi connectivity index (χ0) is 14.4. The van der Waals surface area contributed by atoms with E-state index in [1.807, 2.05) is 19.1 Å². The van der Waals surface area contributed by atoms with Gasteiger partial charge in [0.1, 0.15) is 0 Å². The molecule has 0 spiro atoms. The molecule has 0 radical (unpaired) electrons. The average molecular weight is 297 g/mol. The summed E-state index contributed by atoms with van der Waals surface area (Å²) in [5, 5.41) is 14.7. The van der Waals surface area contributed by atoms with Crippen molar-refractivity contribution in [1.29, 1.82) is 0 Å². The molecule has 0 atom stereocenters. The standard InChI is InChI=1S/C13H17ClN4O2/c1-9-4-3-5-10(14)12(9)16-13-18-17-11(20-13)8-15-6-7-19-2/h3-5,15H,6-8H2,1-2H3,(H,16,18). The van der Waals surface area contributed by atoms with Crippen LogP contribution in [0.2, 0.25) is 5.02 Å². The second kappa shape index (κ2) is 7.23. The summed E-state index contributed by atoms with van der Waals surface area (Å²) in [6.07, 6.45) is 0. The van der Waals surface area contributed by atoms with E-state index in [1.165, 1.54) is 0 Å². The number of aromatic nitrogens is 2. The summed E-state index contributed by atoms with van der Waals surface area (Å²) in [5.74, 6) is 0.508. The van der Waals surface area contributed by atoms with Crippen LogP contribution in [0, 0.1) is 6.92 Å². The number of hydrogen-bond donors (Lipinski definition) is 2. The summed E-state index contributed by atoms with van der Waals surface area (Å²) in [4.78, 5) is 0. The molecule has 0 bridgehead atoms. The monoisotopic (exact) mass is 296 g/mol. The SMILES string of the molecule is COCCNCc1nnc(Nc2c(C)cccc2Cl)o1. The number of aryl methyl sites for hydroxylation is 1. The third-order valence-corrected chi connectivity index (χ3v) is 2.99. The highest BCUT2D eigenvalue weighted by Gasteiger charge is 2.09. The van der Waals surface area contributed by atoms with Gasteiger partial charge in [0.15, 0.2) is 0 Å². The van der Waals surface area contributed by atoms with Crippen LogP contribution >= 0.6 is 11.6 Å². The molecule has 1 aromatic carbocycles. The molecule has 2 aromatic rings. The molecule has 0 saturated carbocycles. The summed E-state index contributed by atoms with van der Waals surface area (Å²) in [5.41, 5.74) is 1.78. The number of rotatable bonds is 7. The first-order valence-electron chi connectivity index (χ1n) is 6.25. The minimum Gasteiger partial charge on any atom is -0.406 e. The molecule has 6 nitrogen and oxygen atoms in total. The minimum absolute atomic E-state index is 0.324. The Morgan fingerprint density at radius 3 is 2.95 bits per heavy atom. The number of ether oxygens (including phenoxy) is 1. The molecule has 2 N–H and O–H groups in total. The number of methoxy groups -OCH3 is 1. The van der Waals surface area contributed by atoms with Gasteiger partial charge in [0.2, 0.25) is 5.89 Å². The van der Waals surface area contributed by atoms with Crippen LogP contribution in [0.25, 0.3) is 0 Å². The van der Waals surface area contributed by atoms with Crippen molar-refractivity contribution in [2.24, 2.45) is 0 Å². The fourth-order valence-electron chi connectivity index (χ4n) is 1.64. The van der Waals surface area contributed by atoms with Crippen LogP contribution < -0.4 is 10.6 Å². The van der Waals surface area contributed by atoms with E-state index < -0.39 is 0 Å². The van der Waals surface area contributed by atoms with Gasteiger partial charge >= 0.3 is 6.01 Å². The Kier molecular flexibility index (Phi) is 5.34. The molecule has 0 saturated heterocycles. The number of anilines is 2. The summed E-state index contributed by atoms with van der Waals surface area (Å²) in [7, 11) is 1.66. The smallest absolute Gasteiger partial charge is 0.320 e. The van der Waals surface area contributed by atoms with E-state index in [0.29, 0.717) is 30.1 Å². The van der Waals surface area contributed by atoms with Gasteiger partial charge in [0.25, 0.3) is 0 Å². The first-order valence-corrected chi connectivity index (χ1v) is 6.62. The molecule has 0 amide bonds. The molecule has 2 rings (SSSR count). The second-order valence-corrected chi connectivity index (χ2v) is 4.63. The molecular formula is C13H17ClN4O2. The summed E-state index contributed by atoms with van der Waals surface area (Å²) >= 11 is 6.13. The second-order valence-electron chi connectivity index (χ2n) is 4.23. The van der Waals surface area contributed by atoms with E-state index in [1.54, 1.807) is 13.2 Å². The van der Waals surface area contributed by atoms with Gasteiger partial charge in [-0.1, -0.05) is 28.8 Å². The Morgan fingerprint density at radius 2 is 2.20 bits per heavy atom. The van der Waals surface area contributed by atoms with Gasteiger partial charge in [-0.2, -0.15) is 0 Å². The van der Waals surface area contributed by atoms with Crippen LogP contribution in [0.1, 0.15) is 11.5 Å². The van der Waals surface area contributed by atoms with E-state index in [-0.39, 0.29) is 0 Å². The zero-order valence-corrected chi connectivity index (χ0v) is 12.2. The summed E-state index contributed by atoms with van der Waals surface area (Å²) < 4.78 is 10.4. The molecule has 7 heteroatoms. The predicted molar refractivity (Wildman–Crippen MR) is 77.4 cm³/mol. The van der Waals surface area contributed by atoms with Crippen molar-refractivity contribution in [3.05, 3.63) is 34.7 Å². The van der Waals surface area contributed by atoms with Crippen LogP contribution in [-0.2, 0) is 11.3 Å². The highest BCUT2D eigenvalue weighted by atomic mass is 35.5. The first-order chi connectivity index (χ1) is 9.70. The van der Waals surface area contributed by atoms with E-state index in [0.717, 1.165) is 17.8 Å². The molecule has 1 aromatic heterocycles. The molecule has 20 heavy (non-hydrogen) atoms.